The summed E-state index contributed by atoms with van der Waals surface area (Å²) in [6.45, 7) is 7.94. The summed E-state index contributed by atoms with van der Waals surface area (Å²) in [4.78, 5) is 4.74. The molecule has 2 aromatic carbocycles. The fourth-order valence-electron chi connectivity index (χ4n) is 3.37. The van der Waals surface area contributed by atoms with E-state index in [-0.39, 0.29) is 30.6 Å². The maximum atomic E-state index is 9.25. The third-order valence-corrected chi connectivity index (χ3v) is 4.93. The summed E-state index contributed by atoms with van der Waals surface area (Å²) in [5, 5.41) is 16.0. The van der Waals surface area contributed by atoms with E-state index in [4.69, 9.17) is 9.73 Å². The van der Waals surface area contributed by atoms with Crippen LogP contribution in [0.2, 0.25) is 0 Å². The van der Waals surface area contributed by atoms with Gasteiger partial charge in [0.2, 0.25) is 0 Å². The molecule has 2 rings (SSSR count). The highest BCUT2D eigenvalue weighted by Crippen LogP contribution is 2.11. The molecule has 1 atom stereocenters. The number of guanidine groups is 1. The van der Waals surface area contributed by atoms with Gasteiger partial charge >= 0.3 is 0 Å². The largest absolute Gasteiger partial charge is 0.396 e. The fraction of sp³-hybridized carbons (Fsp3) is 0.480. The molecule has 31 heavy (non-hydrogen) atoms. The van der Waals surface area contributed by atoms with E-state index < -0.39 is 0 Å². The number of nitrogens with zero attached hydrogens (tertiary/aromatic N) is 1. The summed E-state index contributed by atoms with van der Waals surface area (Å²) in [5.74, 6) is 1.29. The first-order valence-corrected chi connectivity index (χ1v) is 11.1. The van der Waals surface area contributed by atoms with Gasteiger partial charge in [-0.1, -0.05) is 67.9 Å². The summed E-state index contributed by atoms with van der Waals surface area (Å²) in [5.41, 5.74) is 3.50. The number of hydrogen-bond donors (Lipinski definition) is 3. The average Bonchev–Trinajstić information content (AvgIpc) is 2.77. The van der Waals surface area contributed by atoms with Crippen LogP contribution in [0, 0.1) is 5.92 Å². The van der Waals surface area contributed by atoms with E-state index in [0.717, 1.165) is 49.4 Å². The second kappa shape index (κ2) is 17.0. The Bertz CT molecular complexity index is 735. The molecule has 0 aliphatic rings. The van der Waals surface area contributed by atoms with Gasteiger partial charge in [-0.3, -0.25) is 0 Å². The number of rotatable bonds is 13. The zero-order valence-corrected chi connectivity index (χ0v) is 21.2. The van der Waals surface area contributed by atoms with Gasteiger partial charge in [0, 0.05) is 19.7 Å². The van der Waals surface area contributed by atoms with Gasteiger partial charge in [0.25, 0.3) is 0 Å². The lowest BCUT2D eigenvalue weighted by Gasteiger charge is -2.18. The Morgan fingerprint density at radius 3 is 2.35 bits per heavy atom. The monoisotopic (exact) mass is 539 g/mol. The molecule has 0 saturated heterocycles. The summed E-state index contributed by atoms with van der Waals surface area (Å²) in [6.07, 6.45) is 3.06. The van der Waals surface area contributed by atoms with Crippen molar-refractivity contribution in [2.24, 2.45) is 10.9 Å². The molecule has 0 radical (unpaired) electrons. The van der Waals surface area contributed by atoms with Gasteiger partial charge in [-0.05, 0) is 42.4 Å². The van der Waals surface area contributed by atoms with E-state index in [0.29, 0.717) is 25.7 Å². The van der Waals surface area contributed by atoms with E-state index in [1.807, 2.05) is 18.2 Å². The highest BCUT2D eigenvalue weighted by Gasteiger charge is 2.08. The number of halogens is 1. The Hall–Kier alpha value is -1.64. The van der Waals surface area contributed by atoms with Crippen molar-refractivity contribution in [1.82, 2.24) is 10.6 Å². The highest BCUT2D eigenvalue weighted by molar-refractivity contribution is 14.0. The minimum Gasteiger partial charge on any atom is -0.396 e. The molecule has 3 N–H and O–H groups in total. The molecule has 2 aromatic rings. The first-order chi connectivity index (χ1) is 14.7. The summed E-state index contributed by atoms with van der Waals surface area (Å²) in [7, 11) is 0. The van der Waals surface area contributed by atoms with Gasteiger partial charge in [0.05, 0.1) is 19.8 Å². The number of aliphatic hydroxyl groups is 1. The lowest BCUT2D eigenvalue weighted by atomic mass is 10.0. The number of nitrogens with one attached hydrogen (secondary N) is 2. The third kappa shape index (κ3) is 11.5. The minimum absolute atomic E-state index is 0. The van der Waals surface area contributed by atoms with Crippen molar-refractivity contribution in [3.63, 3.8) is 0 Å². The Balaban J connectivity index is 0.00000480. The molecule has 0 aliphatic carbocycles. The molecule has 0 aromatic heterocycles. The fourth-order valence-corrected chi connectivity index (χ4v) is 3.37. The number of aliphatic imine (C=N–C) groups is 1. The molecule has 5 nitrogen and oxygen atoms in total. The maximum absolute atomic E-state index is 9.25. The van der Waals surface area contributed by atoms with Gasteiger partial charge in [-0.25, -0.2) is 4.99 Å². The van der Waals surface area contributed by atoms with Crippen LogP contribution in [-0.4, -0.2) is 30.8 Å². The van der Waals surface area contributed by atoms with Gasteiger partial charge in [0.15, 0.2) is 5.96 Å². The Morgan fingerprint density at radius 2 is 1.65 bits per heavy atom. The lowest BCUT2D eigenvalue weighted by Crippen LogP contribution is -2.40. The van der Waals surface area contributed by atoms with Crippen LogP contribution >= 0.6 is 24.0 Å². The average molecular weight is 540 g/mol. The Morgan fingerprint density at radius 1 is 0.935 bits per heavy atom. The second-order valence-corrected chi connectivity index (χ2v) is 7.54. The van der Waals surface area contributed by atoms with E-state index >= 15 is 0 Å². The number of hydrogen-bond acceptors (Lipinski definition) is 3. The number of ether oxygens (including phenoxy) is 1. The SMILES string of the molecule is CCCC(CCO)CNC(=NCc1cccc(COCc2ccccc2)c1)NCC.I. The van der Waals surface area contributed by atoms with Crippen molar-refractivity contribution in [3.8, 4) is 0 Å². The van der Waals surface area contributed by atoms with Crippen LogP contribution < -0.4 is 10.6 Å². The maximum Gasteiger partial charge on any atom is 0.191 e. The van der Waals surface area contributed by atoms with Crippen LogP contribution in [0.15, 0.2) is 59.6 Å². The Labute approximate surface area is 204 Å². The van der Waals surface area contributed by atoms with Gasteiger partial charge in [-0.2, -0.15) is 0 Å². The van der Waals surface area contributed by atoms with Crippen LogP contribution in [0.5, 0.6) is 0 Å². The van der Waals surface area contributed by atoms with Crippen molar-refractivity contribution >= 4 is 29.9 Å². The van der Waals surface area contributed by atoms with Crippen LogP contribution in [0.1, 0.15) is 49.8 Å². The van der Waals surface area contributed by atoms with Gasteiger partial charge in [0.1, 0.15) is 0 Å². The quantitative estimate of drug-likeness (QED) is 0.193. The molecule has 0 saturated carbocycles. The molecule has 0 bridgehead atoms. The van der Waals surface area contributed by atoms with Crippen molar-refractivity contribution < 1.29 is 9.84 Å². The summed E-state index contributed by atoms with van der Waals surface area (Å²) in [6, 6.07) is 18.6. The smallest absolute Gasteiger partial charge is 0.191 e. The van der Waals surface area contributed by atoms with E-state index in [1.165, 1.54) is 5.56 Å². The number of benzene rings is 2. The second-order valence-electron chi connectivity index (χ2n) is 7.54. The zero-order valence-electron chi connectivity index (χ0n) is 18.8. The van der Waals surface area contributed by atoms with Crippen LogP contribution in [-0.2, 0) is 24.5 Å². The molecule has 1 unspecified atom stereocenters. The van der Waals surface area contributed by atoms with Crippen molar-refractivity contribution in [1.29, 1.82) is 0 Å². The standard InChI is InChI=1S/C25H37N3O2.HI/c1-3-9-21(14-15-29)17-27-25(26-4-2)28-18-23-12-8-13-24(16-23)20-30-19-22-10-6-5-7-11-22;/h5-8,10-13,16,21,29H,3-4,9,14-15,17-20H2,1-2H3,(H2,26,27,28);1H. The molecule has 0 spiro atoms. The van der Waals surface area contributed by atoms with Crippen LogP contribution in [0.4, 0.5) is 0 Å². The lowest BCUT2D eigenvalue weighted by molar-refractivity contribution is 0.107. The van der Waals surface area contributed by atoms with Crippen molar-refractivity contribution in [2.75, 3.05) is 19.7 Å². The predicted octanol–water partition coefficient (Wildman–Crippen LogP) is 4.88. The highest BCUT2D eigenvalue weighted by atomic mass is 127. The predicted molar refractivity (Wildman–Crippen MR) is 140 cm³/mol. The summed E-state index contributed by atoms with van der Waals surface area (Å²) >= 11 is 0. The molecular formula is C25H38IN3O2. The van der Waals surface area contributed by atoms with Gasteiger partial charge < -0.3 is 20.5 Å². The first-order valence-electron chi connectivity index (χ1n) is 11.1. The van der Waals surface area contributed by atoms with Crippen molar-refractivity contribution in [2.45, 2.75) is 52.9 Å². The Kier molecular flexibility index (Phi) is 15.0. The minimum atomic E-state index is 0. The van der Waals surface area contributed by atoms with E-state index in [2.05, 4.69) is 60.9 Å². The third-order valence-electron chi connectivity index (χ3n) is 4.93. The summed E-state index contributed by atoms with van der Waals surface area (Å²) < 4.78 is 5.85. The van der Waals surface area contributed by atoms with E-state index in [9.17, 15) is 5.11 Å². The molecule has 172 valence electrons. The molecule has 0 heterocycles. The van der Waals surface area contributed by atoms with E-state index in [1.54, 1.807) is 0 Å². The zero-order chi connectivity index (χ0) is 21.4. The molecule has 0 fully saturated rings. The van der Waals surface area contributed by atoms with Crippen molar-refractivity contribution in [3.05, 3.63) is 71.3 Å². The molecule has 6 heteroatoms. The van der Waals surface area contributed by atoms with Crippen LogP contribution in [0.3, 0.4) is 0 Å². The number of aliphatic hydroxyl groups excluding tert-OH is 1. The molecular weight excluding hydrogens is 501 g/mol. The first kappa shape index (κ1) is 27.4. The van der Waals surface area contributed by atoms with Crippen LogP contribution in [0.25, 0.3) is 0 Å². The molecule has 0 amide bonds. The normalized spacial score (nSPS) is 12.2. The van der Waals surface area contributed by atoms with Gasteiger partial charge in [-0.15, -0.1) is 24.0 Å². The molecule has 0 aliphatic heterocycles. The topological polar surface area (TPSA) is 65.9 Å².